The molecule has 0 radical (unpaired) electrons. The molecular weight excluding hydrogens is 566 g/mol. The molecule has 2 amide bonds. The number of nitrogens with two attached hydrogens (primary N) is 1. The first-order chi connectivity index (χ1) is 20.9. The van der Waals surface area contributed by atoms with Crippen molar-refractivity contribution in [3.8, 4) is 0 Å². The van der Waals surface area contributed by atoms with Gasteiger partial charge in [0.25, 0.3) is 5.91 Å². The summed E-state index contributed by atoms with van der Waals surface area (Å²) >= 11 is 0. The van der Waals surface area contributed by atoms with Crippen molar-refractivity contribution in [2.75, 3.05) is 14.2 Å². The molecule has 1 heterocycles. The van der Waals surface area contributed by atoms with Gasteiger partial charge in [-0.05, 0) is 51.0 Å². The first-order valence-electron chi connectivity index (χ1n) is 15.2. The summed E-state index contributed by atoms with van der Waals surface area (Å²) in [5.74, 6) is -1.93. The van der Waals surface area contributed by atoms with Gasteiger partial charge in [-0.25, -0.2) is 4.79 Å². The number of primary amides is 1. The van der Waals surface area contributed by atoms with Gasteiger partial charge in [0, 0.05) is 43.4 Å². The number of hydrogen-bond acceptors (Lipinski definition) is 9. The van der Waals surface area contributed by atoms with Crippen LogP contribution < -0.4 is 16.4 Å². The molecule has 11 nitrogen and oxygen atoms in total. The highest BCUT2D eigenvalue weighted by Crippen LogP contribution is 2.30. The maximum Gasteiger partial charge on any atom is 0.405 e. The van der Waals surface area contributed by atoms with Crippen LogP contribution in [0.3, 0.4) is 0 Å². The molecule has 0 unspecified atom stereocenters. The number of fused-ring (bicyclic) bond motifs is 2. The molecule has 2 aliphatic carbocycles. The van der Waals surface area contributed by atoms with Crippen molar-refractivity contribution < 1.29 is 38.5 Å². The van der Waals surface area contributed by atoms with Crippen LogP contribution in [-0.4, -0.2) is 73.4 Å². The van der Waals surface area contributed by atoms with Crippen molar-refractivity contribution >= 4 is 23.6 Å². The van der Waals surface area contributed by atoms with Gasteiger partial charge >= 0.3 is 6.09 Å². The van der Waals surface area contributed by atoms with E-state index in [0.717, 1.165) is 25.7 Å². The first kappa shape index (κ1) is 34.9. The van der Waals surface area contributed by atoms with Crippen LogP contribution in [0.15, 0.2) is 58.5 Å². The number of carbonyl (C=O) groups excluding carboxylic acids is 4. The van der Waals surface area contributed by atoms with Gasteiger partial charge in [0.05, 0.1) is 23.6 Å². The number of amides is 2. The van der Waals surface area contributed by atoms with E-state index in [1.54, 1.807) is 32.1 Å². The summed E-state index contributed by atoms with van der Waals surface area (Å²) in [6.45, 7) is 7.07. The maximum atomic E-state index is 13.8. The third-order valence-corrected chi connectivity index (χ3v) is 8.50. The third-order valence-electron chi connectivity index (χ3n) is 8.50. The molecule has 0 aromatic rings. The largest absolute Gasteiger partial charge is 0.439 e. The molecule has 6 atom stereocenters. The topological polar surface area (TPSA) is 166 Å². The number of carbonyl (C=O) groups is 4. The Balaban J connectivity index is 2.06. The van der Waals surface area contributed by atoms with Crippen LogP contribution in [0.2, 0.25) is 0 Å². The van der Waals surface area contributed by atoms with Gasteiger partial charge < -0.3 is 35.7 Å². The zero-order chi connectivity index (χ0) is 32.6. The van der Waals surface area contributed by atoms with Crippen molar-refractivity contribution in [2.45, 2.75) is 96.7 Å². The van der Waals surface area contributed by atoms with E-state index in [2.05, 4.69) is 10.6 Å². The maximum absolute atomic E-state index is 13.8. The summed E-state index contributed by atoms with van der Waals surface area (Å²) in [5.41, 5.74) is 6.73. The number of hydrogen-bond donors (Lipinski definition) is 4. The summed E-state index contributed by atoms with van der Waals surface area (Å²) < 4.78 is 16.7. The number of rotatable bonds is 5. The molecule has 0 saturated heterocycles. The van der Waals surface area contributed by atoms with Crippen molar-refractivity contribution in [3.05, 3.63) is 58.5 Å². The zero-order valence-corrected chi connectivity index (χ0v) is 26.6. The summed E-state index contributed by atoms with van der Waals surface area (Å²) in [6.07, 6.45) is 7.99. The molecule has 11 heteroatoms. The van der Waals surface area contributed by atoms with Crippen molar-refractivity contribution in [1.82, 2.24) is 10.6 Å². The summed E-state index contributed by atoms with van der Waals surface area (Å²) in [6, 6.07) is 0.103. The van der Waals surface area contributed by atoms with Crippen LogP contribution in [0.1, 0.15) is 66.2 Å². The SMILES string of the molecule is CO[C@H]1C[C@H](C)CC2=C(NC3CCCC3)C(=O)C=C(NC(=O)/C(C)=C/C=C\[C@@H](OC)[C@@H](OC(N)=O)/C(C)=C/[C@H](C)[C@H]1O)C2=O. The quantitative estimate of drug-likeness (QED) is 0.269. The summed E-state index contributed by atoms with van der Waals surface area (Å²) in [4.78, 5) is 52.0. The Bertz CT molecular complexity index is 1260. The second-order valence-corrected chi connectivity index (χ2v) is 12.1. The standard InChI is InChI=1S/C33H47N3O8/c1-18-14-23-28(35-22-11-7-8-12-22)25(37)17-24(30(23)39)36-32(40)19(2)10-9-13-26(42-5)31(44-33(34)41)21(4)16-20(3)29(38)27(15-18)43-6/h9-10,13,16-18,20,22,26-27,29,31,35,38H,7-8,11-12,14-15H2,1-6H3,(H2,34,41)(H,36,40)/b13-9-,19-10+,21-16+/t18-,20+,26-,27+,29-,31+/m1/s1. The molecule has 2 bridgehead atoms. The van der Waals surface area contributed by atoms with E-state index in [9.17, 15) is 24.3 Å². The van der Waals surface area contributed by atoms with Gasteiger partial charge in [-0.3, -0.25) is 14.4 Å². The van der Waals surface area contributed by atoms with Crippen LogP contribution in [-0.2, 0) is 28.6 Å². The van der Waals surface area contributed by atoms with Gasteiger partial charge in [-0.15, -0.1) is 0 Å². The highest BCUT2D eigenvalue weighted by Gasteiger charge is 2.34. The number of aliphatic hydroxyl groups excluding tert-OH is 1. The number of methoxy groups -OCH3 is 2. The predicted molar refractivity (Wildman–Crippen MR) is 165 cm³/mol. The number of aliphatic hydroxyl groups is 1. The molecule has 0 spiro atoms. The highest BCUT2D eigenvalue weighted by molar-refractivity contribution is 6.23. The number of Topliss-reactive ketones (excluding diaryl/α,β-unsaturated/α-hetero) is 1. The van der Waals surface area contributed by atoms with Crippen LogP contribution in [0.5, 0.6) is 0 Å². The second kappa shape index (κ2) is 16.0. The van der Waals surface area contributed by atoms with Crippen LogP contribution in [0, 0.1) is 11.8 Å². The van der Waals surface area contributed by atoms with Crippen LogP contribution >= 0.6 is 0 Å². The number of ketones is 2. The van der Waals surface area contributed by atoms with Crippen molar-refractivity contribution in [2.24, 2.45) is 17.6 Å². The minimum absolute atomic E-state index is 0.0877. The molecular formula is C33H47N3O8. The Hall–Kier alpha value is -3.54. The molecule has 1 saturated carbocycles. The van der Waals surface area contributed by atoms with E-state index in [1.165, 1.54) is 26.4 Å². The number of nitrogens with one attached hydrogen (secondary N) is 2. The lowest BCUT2D eigenvalue weighted by atomic mass is 9.85. The van der Waals surface area contributed by atoms with Gasteiger partial charge in [-0.2, -0.15) is 0 Å². The van der Waals surface area contributed by atoms with E-state index in [-0.39, 0.29) is 41.1 Å². The average Bonchev–Trinajstić information content (AvgIpc) is 3.49. The number of allylic oxidation sites excluding steroid dienone is 4. The lowest BCUT2D eigenvalue weighted by Crippen LogP contribution is -2.39. The Morgan fingerprint density at radius 3 is 2.39 bits per heavy atom. The molecule has 3 rings (SSSR count). The molecule has 0 aromatic heterocycles. The fraction of sp³-hybridized carbons (Fsp3) is 0.576. The summed E-state index contributed by atoms with van der Waals surface area (Å²) in [5, 5.41) is 17.3. The fourth-order valence-corrected chi connectivity index (χ4v) is 6.02. The van der Waals surface area contributed by atoms with E-state index < -0.39 is 48.1 Å². The fourth-order valence-electron chi connectivity index (χ4n) is 6.02. The van der Waals surface area contributed by atoms with Gasteiger partial charge in [-0.1, -0.05) is 51.0 Å². The second-order valence-electron chi connectivity index (χ2n) is 12.1. The first-order valence-corrected chi connectivity index (χ1v) is 15.2. The normalized spacial score (nSPS) is 33.1. The number of ether oxygens (including phenoxy) is 3. The Labute approximate surface area is 259 Å². The monoisotopic (exact) mass is 613 g/mol. The molecule has 44 heavy (non-hydrogen) atoms. The minimum atomic E-state index is -0.991. The van der Waals surface area contributed by atoms with Crippen LogP contribution in [0.25, 0.3) is 0 Å². The smallest absolute Gasteiger partial charge is 0.405 e. The van der Waals surface area contributed by atoms with Crippen molar-refractivity contribution in [1.29, 1.82) is 0 Å². The molecule has 0 aromatic carbocycles. The Morgan fingerprint density at radius 1 is 1.09 bits per heavy atom. The van der Waals surface area contributed by atoms with E-state index in [1.807, 2.05) is 13.8 Å². The average molecular weight is 614 g/mol. The highest BCUT2D eigenvalue weighted by atomic mass is 16.6. The Morgan fingerprint density at radius 2 is 1.77 bits per heavy atom. The summed E-state index contributed by atoms with van der Waals surface area (Å²) in [7, 11) is 2.95. The van der Waals surface area contributed by atoms with E-state index >= 15 is 0 Å². The van der Waals surface area contributed by atoms with Gasteiger partial charge in [0.2, 0.25) is 11.6 Å². The lowest BCUT2D eigenvalue weighted by Gasteiger charge is -2.30. The molecule has 242 valence electrons. The molecule has 1 fully saturated rings. The molecule has 3 aliphatic rings. The van der Waals surface area contributed by atoms with Gasteiger partial charge in [0.1, 0.15) is 6.10 Å². The molecule has 1 aliphatic heterocycles. The van der Waals surface area contributed by atoms with Crippen molar-refractivity contribution in [3.63, 3.8) is 0 Å². The third kappa shape index (κ3) is 8.99. The van der Waals surface area contributed by atoms with Crippen LogP contribution in [0.4, 0.5) is 4.79 Å². The predicted octanol–water partition coefficient (Wildman–Crippen LogP) is 3.29. The van der Waals surface area contributed by atoms with E-state index in [4.69, 9.17) is 19.9 Å². The zero-order valence-electron chi connectivity index (χ0n) is 26.6. The minimum Gasteiger partial charge on any atom is -0.439 e. The van der Waals surface area contributed by atoms with E-state index in [0.29, 0.717) is 17.6 Å². The molecule has 5 N–H and O–H groups in total. The lowest BCUT2D eigenvalue weighted by molar-refractivity contribution is -0.120. The van der Waals surface area contributed by atoms with Gasteiger partial charge in [0.15, 0.2) is 6.10 Å². The Kier molecular flexibility index (Phi) is 12.7.